The molecule has 0 fully saturated rings. The van der Waals surface area contributed by atoms with Crippen molar-refractivity contribution in [1.82, 2.24) is 9.78 Å². The molecule has 0 saturated heterocycles. The number of aliphatic imine (C=N–C) groups is 1. The fourth-order valence-corrected chi connectivity index (χ4v) is 2.58. The van der Waals surface area contributed by atoms with Crippen molar-refractivity contribution in [3.05, 3.63) is 47.7 Å². The van der Waals surface area contributed by atoms with E-state index in [1.165, 1.54) is 10.9 Å². The van der Waals surface area contributed by atoms with Crippen LogP contribution in [0.5, 0.6) is 0 Å². The minimum Gasteiger partial charge on any atom is -0.272 e. The van der Waals surface area contributed by atoms with Gasteiger partial charge in [-0.3, -0.25) is 4.79 Å². The molecular weight excluding hydrogens is 264 g/mol. The molecule has 104 valence electrons. The normalized spacial score (nSPS) is 17.3. The molecule has 1 aromatic carbocycles. The first-order chi connectivity index (χ1) is 10.1. The van der Waals surface area contributed by atoms with E-state index in [1.807, 2.05) is 50.2 Å². The summed E-state index contributed by atoms with van der Waals surface area (Å²) in [5.74, 6) is -0.0562. The van der Waals surface area contributed by atoms with Crippen molar-refractivity contribution in [2.45, 2.75) is 13.8 Å². The number of hydrogen-bond acceptors (Lipinski definition) is 4. The van der Waals surface area contributed by atoms with Crippen molar-refractivity contribution >= 4 is 17.4 Å². The minimum atomic E-state index is -0.355. The van der Waals surface area contributed by atoms with E-state index < -0.39 is 0 Å². The Morgan fingerprint density at radius 3 is 2.62 bits per heavy atom. The van der Waals surface area contributed by atoms with Crippen LogP contribution in [-0.4, -0.2) is 21.4 Å². The molecule has 1 atom stereocenters. The molecule has 21 heavy (non-hydrogen) atoms. The Morgan fingerprint density at radius 2 is 2.00 bits per heavy atom. The number of benzene rings is 1. The van der Waals surface area contributed by atoms with Crippen LogP contribution in [0.15, 0.2) is 41.5 Å². The van der Waals surface area contributed by atoms with E-state index in [4.69, 9.17) is 5.26 Å². The summed E-state index contributed by atoms with van der Waals surface area (Å²) in [6.45, 7) is 3.97. The maximum absolute atomic E-state index is 12.7. The Balaban J connectivity index is 2.23. The van der Waals surface area contributed by atoms with Gasteiger partial charge in [-0.2, -0.15) is 15.0 Å². The number of nitriles is 1. The lowest BCUT2D eigenvalue weighted by Gasteiger charge is -2.25. The highest BCUT2D eigenvalue weighted by atomic mass is 16.2. The Bertz CT molecular complexity index is 765. The van der Waals surface area contributed by atoms with Crippen molar-refractivity contribution in [3.8, 4) is 6.07 Å². The van der Waals surface area contributed by atoms with Gasteiger partial charge in [0.15, 0.2) is 5.82 Å². The number of aromatic nitrogens is 2. The SMILES string of the molecule is CC(C)C1C(=O)n2ncc(C#N)c2N=C1c1ccccc1. The van der Waals surface area contributed by atoms with Gasteiger partial charge in [-0.15, -0.1) is 0 Å². The summed E-state index contributed by atoms with van der Waals surface area (Å²) < 4.78 is 1.25. The van der Waals surface area contributed by atoms with Gasteiger partial charge >= 0.3 is 0 Å². The van der Waals surface area contributed by atoms with Crippen molar-refractivity contribution in [2.24, 2.45) is 16.8 Å². The topological polar surface area (TPSA) is 71.0 Å². The average molecular weight is 278 g/mol. The zero-order chi connectivity index (χ0) is 15.0. The van der Waals surface area contributed by atoms with Crippen LogP contribution in [0.25, 0.3) is 0 Å². The van der Waals surface area contributed by atoms with Gasteiger partial charge in [0.1, 0.15) is 11.6 Å². The van der Waals surface area contributed by atoms with Crippen LogP contribution in [-0.2, 0) is 0 Å². The highest BCUT2D eigenvalue weighted by Gasteiger charge is 2.36. The first-order valence-electron chi connectivity index (χ1n) is 6.80. The first-order valence-corrected chi connectivity index (χ1v) is 6.80. The van der Waals surface area contributed by atoms with E-state index in [0.717, 1.165) is 5.56 Å². The molecule has 1 aliphatic heterocycles. The van der Waals surface area contributed by atoms with Gasteiger partial charge in [0, 0.05) is 0 Å². The van der Waals surface area contributed by atoms with Crippen LogP contribution in [0.3, 0.4) is 0 Å². The van der Waals surface area contributed by atoms with Crippen LogP contribution in [0, 0.1) is 23.2 Å². The summed E-state index contributed by atoms with van der Waals surface area (Å²) in [7, 11) is 0. The van der Waals surface area contributed by atoms with E-state index in [2.05, 4.69) is 10.1 Å². The molecule has 2 aromatic rings. The smallest absolute Gasteiger partial charge is 0.258 e. The van der Waals surface area contributed by atoms with Crippen molar-refractivity contribution in [1.29, 1.82) is 5.26 Å². The van der Waals surface area contributed by atoms with Gasteiger partial charge in [0.2, 0.25) is 0 Å². The number of fused-ring (bicyclic) bond motifs is 1. The number of carbonyl (C=O) groups excluding carboxylic acids is 1. The zero-order valence-corrected chi connectivity index (χ0v) is 11.8. The van der Waals surface area contributed by atoms with Gasteiger partial charge in [-0.1, -0.05) is 44.2 Å². The third-order valence-electron chi connectivity index (χ3n) is 3.60. The van der Waals surface area contributed by atoms with Gasteiger partial charge in [0.25, 0.3) is 5.91 Å². The molecule has 0 saturated carbocycles. The number of nitrogens with zero attached hydrogens (tertiary/aromatic N) is 4. The van der Waals surface area contributed by atoms with Crippen molar-refractivity contribution in [3.63, 3.8) is 0 Å². The van der Waals surface area contributed by atoms with Crippen LogP contribution < -0.4 is 0 Å². The Hall–Kier alpha value is -2.74. The zero-order valence-electron chi connectivity index (χ0n) is 11.8. The largest absolute Gasteiger partial charge is 0.272 e. The summed E-state index contributed by atoms with van der Waals surface area (Å²) in [5, 5.41) is 13.1. The Kier molecular flexibility index (Phi) is 3.15. The molecule has 1 aromatic heterocycles. The van der Waals surface area contributed by atoms with Crippen LogP contribution >= 0.6 is 0 Å². The molecule has 0 N–H and O–H groups in total. The third-order valence-corrected chi connectivity index (χ3v) is 3.60. The average Bonchev–Trinajstić information content (AvgIpc) is 2.91. The summed E-state index contributed by atoms with van der Waals surface area (Å²) in [5.41, 5.74) is 1.93. The summed E-state index contributed by atoms with van der Waals surface area (Å²) in [4.78, 5) is 17.3. The molecule has 3 rings (SSSR count). The van der Waals surface area contributed by atoms with Gasteiger partial charge in [0.05, 0.1) is 17.8 Å². The lowest BCUT2D eigenvalue weighted by atomic mass is 9.85. The van der Waals surface area contributed by atoms with E-state index in [9.17, 15) is 4.79 Å². The minimum absolute atomic E-state index is 0.0966. The summed E-state index contributed by atoms with van der Waals surface area (Å²) in [6.07, 6.45) is 1.39. The second-order valence-corrected chi connectivity index (χ2v) is 5.33. The standard InChI is InChI=1S/C16H14N4O/c1-10(2)13-14(11-6-4-3-5-7-11)19-15-12(8-17)9-18-20(15)16(13)21/h3-7,9-10,13H,1-2H3. The molecule has 0 bridgehead atoms. The molecule has 2 heterocycles. The lowest BCUT2D eigenvalue weighted by Crippen LogP contribution is -2.36. The molecule has 1 unspecified atom stereocenters. The molecule has 0 aliphatic carbocycles. The molecular formula is C16H14N4O. The van der Waals surface area contributed by atoms with Crippen LogP contribution in [0.1, 0.15) is 29.8 Å². The quantitative estimate of drug-likeness (QED) is 0.848. The molecule has 0 amide bonds. The van der Waals surface area contributed by atoms with Crippen LogP contribution in [0.4, 0.5) is 5.82 Å². The van der Waals surface area contributed by atoms with E-state index in [0.29, 0.717) is 17.1 Å². The van der Waals surface area contributed by atoms with Crippen molar-refractivity contribution < 1.29 is 4.79 Å². The van der Waals surface area contributed by atoms with Gasteiger partial charge in [-0.25, -0.2) is 4.99 Å². The number of hydrogen-bond donors (Lipinski definition) is 0. The maximum Gasteiger partial charge on any atom is 0.258 e. The number of rotatable bonds is 2. The predicted octanol–water partition coefficient (Wildman–Crippen LogP) is 2.80. The highest BCUT2D eigenvalue weighted by molar-refractivity contribution is 6.16. The monoisotopic (exact) mass is 278 g/mol. The Morgan fingerprint density at radius 1 is 1.29 bits per heavy atom. The van der Waals surface area contributed by atoms with E-state index >= 15 is 0 Å². The van der Waals surface area contributed by atoms with Gasteiger partial charge in [-0.05, 0) is 11.5 Å². The van der Waals surface area contributed by atoms with E-state index in [1.54, 1.807) is 0 Å². The Labute approximate surface area is 122 Å². The number of carbonyl (C=O) groups is 1. The summed E-state index contributed by atoms with van der Waals surface area (Å²) in [6, 6.07) is 11.6. The molecule has 0 spiro atoms. The third kappa shape index (κ3) is 2.05. The van der Waals surface area contributed by atoms with E-state index in [-0.39, 0.29) is 17.7 Å². The highest BCUT2D eigenvalue weighted by Crippen LogP contribution is 2.31. The fourth-order valence-electron chi connectivity index (χ4n) is 2.58. The second kappa shape index (κ2) is 4.98. The van der Waals surface area contributed by atoms with Crippen molar-refractivity contribution in [2.75, 3.05) is 0 Å². The van der Waals surface area contributed by atoms with Gasteiger partial charge < -0.3 is 0 Å². The molecule has 0 radical (unpaired) electrons. The molecule has 5 nitrogen and oxygen atoms in total. The second-order valence-electron chi connectivity index (χ2n) is 5.33. The predicted molar refractivity (Wildman–Crippen MR) is 78.5 cm³/mol. The lowest BCUT2D eigenvalue weighted by molar-refractivity contribution is 0.0828. The van der Waals surface area contributed by atoms with Crippen LogP contribution in [0.2, 0.25) is 0 Å². The maximum atomic E-state index is 12.7. The fraction of sp³-hybridized carbons (Fsp3) is 0.250. The molecule has 5 heteroatoms. The molecule has 1 aliphatic rings. The first kappa shape index (κ1) is 13.3. The summed E-state index contributed by atoms with van der Waals surface area (Å²) >= 11 is 0.